The third kappa shape index (κ3) is 9.43. The van der Waals surface area contributed by atoms with Crippen molar-refractivity contribution in [3.05, 3.63) is 0 Å². The zero-order valence-electron chi connectivity index (χ0n) is 2.32. The molecule has 0 aliphatic heterocycles. The van der Waals surface area contributed by atoms with Crippen LogP contribution in [0.25, 0.3) is 0 Å². The summed E-state index contributed by atoms with van der Waals surface area (Å²) in [6, 6.07) is 0. The van der Waals surface area contributed by atoms with Crippen molar-refractivity contribution >= 4 is 0 Å². The molecule has 0 fully saturated rings. The molecule has 0 aromatic carbocycles. The number of hydrogen-bond donors (Lipinski definition) is 0. The first-order valence-electron chi connectivity index (χ1n) is 0.408. The molecule has 0 rings (SSSR count). The molecule has 0 amide bonds. The molecule has 0 radical (unpaired) electrons. The molecule has 0 saturated carbocycles. The minimum atomic E-state index is -2.27. The molecule has 0 spiro atoms. The maximum absolute atomic E-state index is 8.54. The van der Waals surface area contributed by atoms with Gasteiger partial charge < -0.3 is 0 Å². The molecular weight excluding hydrogens is 146 g/mol. The SMILES string of the molecule is [Na+].[O]=[Zr][O-]. The first kappa shape index (κ1) is 9.17. The van der Waals surface area contributed by atoms with Gasteiger partial charge in [0, 0.05) is 0 Å². The van der Waals surface area contributed by atoms with Crippen LogP contribution in [0.5, 0.6) is 0 Å². The summed E-state index contributed by atoms with van der Waals surface area (Å²) in [5, 5.41) is 0. The third-order valence-electron chi connectivity index (χ3n) is 0. The van der Waals surface area contributed by atoms with Crippen LogP contribution in [0.2, 0.25) is 0 Å². The molecule has 4 heavy (non-hydrogen) atoms. The third-order valence-corrected chi connectivity index (χ3v) is 0. The van der Waals surface area contributed by atoms with Crippen molar-refractivity contribution in [1.82, 2.24) is 0 Å². The molecule has 17 valence electrons. The Labute approximate surface area is 58.5 Å². The van der Waals surface area contributed by atoms with Gasteiger partial charge in [-0.05, 0) is 0 Å². The summed E-state index contributed by atoms with van der Waals surface area (Å²) in [5.74, 6) is 0. The molecule has 0 aromatic heterocycles. The minimum absolute atomic E-state index is 0. The molecule has 0 N–H and O–H groups in total. The predicted octanol–water partition coefficient (Wildman–Crippen LogP) is -4.31. The van der Waals surface area contributed by atoms with E-state index >= 15 is 0 Å². The van der Waals surface area contributed by atoms with Crippen LogP contribution >= 0.6 is 0 Å². The number of hydrogen-bond acceptors (Lipinski definition) is 2. The van der Waals surface area contributed by atoms with Crippen LogP contribution in [0.15, 0.2) is 0 Å². The van der Waals surface area contributed by atoms with Gasteiger partial charge in [-0.1, -0.05) is 0 Å². The van der Waals surface area contributed by atoms with Crippen LogP contribution < -0.4 is 32.7 Å². The van der Waals surface area contributed by atoms with Crippen molar-refractivity contribution in [3.8, 4) is 0 Å². The topological polar surface area (TPSA) is 40.1 Å². The van der Waals surface area contributed by atoms with E-state index in [0.29, 0.717) is 0 Å². The van der Waals surface area contributed by atoms with E-state index in [1.165, 1.54) is 0 Å². The number of rotatable bonds is 0. The molecule has 0 unspecified atom stereocenters. The van der Waals surface area contributed by atoms with Crippen molar-refractivity contribution < 1.29 is 59.2 Å². The van der Waals surface area contributed by atoms with Gasteiger partial charge in [0.05, 0.1) is 0 Å². The zero-order chi connectivity index (χ0) is 2.71. The Morgan fingerprint density at radius 1 is 1.75 bits per heavy atom. The van der Waals surface area contributed by atoms with E-state index in [4.69, 9.17) is 6.00 Å². The normalized spacial score (nSPS) is 2.25. The van der Waals surface area contributed by atoms with Crippen molar-refractivity contribution in [1.29, 1.82) is 0 Å². The van der Waals surface area contributed by atoms with Crippen LogP contribution in [0.4, 0.5) is 0 Å². The Morgan fingerprint density at radius 2 is 1.75 bits per heavy atom. The Morgan fingerprint density at radius 3 is 1.75 bits per heavy atom. The Bertz CT molecular complexity index is 13.5. The van der Waals surface area contributed by atoms with Crippen LogP contribution in [-0.2, 0) is 26.5 Å². The fourth-order valence-electron chi connectivity index (χ4n) is 0. The van der Waals surface area contributed by atoms with E-state index in [0.717, 1.165) is 0 Å². The summed E-state index contributed by atoms with van der Waals surface area (Å²) in [5.41, 5.74) is 0. The van der Waals surface area contributed by atoms with Crippen LogP contribution in [-0.4, -0.2) is 0 Å². The predicted molar refractivity (Wildman–Crippen MR) is 0.686 cm³/mol. The van der Waals surface area contributed by atoms with Crippen molar-refractivity contribution in [3.63, 3.8) is 0 Å². The van der Waals surface area contributed by atoms with Crippen LogP contribution in [0, 0.1) is 0 Å². The van der Waals surface area contributed by atoms with E-state index in [2.05, 4.69) is 0 Å². The van der Waals surface area contributed by atoms with Gasteiger partial charge >= 0.3 is 59.2 Å². The van der Waals surface area contributed by atoms with Crippen molar-refractivity contribution in [2.75, 3.05) is 0 Å². The van der Waals surface area contributed by atoms with E-state index < -0.39 is 23.7 Å². The average Bonchev–Trinajstić information content (AvgIpc) is 0.918. The van der Waals surface area contributed by atoms with Gasteiger partial charge in [-0.2, -0.15) is 0 Å². The Kier molecular flexibility index (Phi) is 20.2. The fourth-order valence-corrected chi connectivity index (χ4v) is 0. The molecule has 0 atom stereocenters. The molecule has 0 saturated heterocycles. The summed E-state index contributed by atoms with van der Waals surface area (Å²) in [6.07, 6.45) is 0. The zero-order valence-corrected chi connectivity index (χ0v) is 6.77. The molecular formula is NaO2Zr. The van der Waals surface area contributed by atoms with E-state index in [9.17, 15) is 0 Å². The second-order valence-corrected chi connectivity index (χ2v) is 0.493. The van der Waals surface area contributed by atoms with E-state index in [1.54, 1.807) is 0 Å². The van der Waals surface area contributed by atoms with Gasteiger partial charge in [-0.15, -0.1) is 0 Å². The van der Waals surface area contributed by atoms with Crippen molar-refractivity contribution in [2.24, 2.45) is 0 Å². The van der Waals surface area contributed by atoms with Gasteiger partial charge in [-0.25, -0.2) is 0 Å². The summed E-state index contributed by atoms with van der Waals surface area (Å²) in [7, 11) is 0. The van der Waals surface area contributed by atoms with Crippen LogP contribution in [0.1, 0.15) is 0 Å². The standard InChI is InChI=1S/Na.2O.Zr/q+1;;-1;. The van der Waals surface area contributed by atoms with E-state index in [1.807, 2.05) is 0 Å². The second kappa shape index (κ2) is 8.82. The summed E-state index contributed by atoms with van der Waals surface area (Å²) in [6.45, 7) is 0. The van der Waals surface area contributed by atoms with Gasteiger partial charge in [0.25, 0.3) is 0 Å². The summed E-state index contributed by atoms with van der Waals surface area (Å²) >= 11 is -2.27. The maximum atomic E-state index is 8.54. The second-order valence-electron chi connectivity index (χ2n) is 0.0833. The molecule has 4 heteroatoms. The van der Waals surface area contributed by atoms with Gasteiger partial charge in [0.2, 0.25) is 0 Å². The summed E-state index contributed by atoms with van der Waals surface area (Å²) < 4.78 is 17.1. The molecule has 2 nitrogen and oxygen atoms in total. The molecule has 0 aliphatic carbocycles. The first-order valence-corrected chi connectivity index (χ1v) is 2.42. The molecule has 0 aliphatic rings. The quantitative estimate of drug-likeness (QED) is 0.324. The molecule has 0 bridgehead atoms. The van der Waals surface area contributed by atoms with Gasteiger partial charge in [0.1, 0.15) is 0 Å². The molecule has 0 heterocycles. The van der Waals surface area contributed by atoms with Gasteiger partial charge in [-0.3, -0.25) is 0 Å². The van der Waals surface area contributed by atoms with Crippen LogP contribution in [0.3, 0.4) is 0 Å². The fraction of sp³-hybridized carbons (Fsp3) is 0. The summed E-state index contributed by atoms with van der Waals surface area (Å²) in [4.78, 5) is 0. The average molecular weight is 146 g/mol. The molecule has 0 aromatic rings. The monoisotopic (exact) mass is 145 g/mol. The Hall–Kier alpha value is 1.64. The Balaban J connectivity index is 0. The first-order chi connectivity index (χ1) is 1.41. The van der Waals surface area contributed by atoms with Gasteiger partial charge in [0.15, 0.2) is 0 Å². The van der Waals surface area contributed by atoms with E-state index in [-0.39, 0.29) is 29.6 Å². The van der Waals surface area contributed by atoms with Crippen molar-refractivity contribution in [2.45, 2.75) is 0 Å².